The van der Waals surface area contributed by atoms with Crippen LogP contribution in [0.1, 0.15) is 91.2 Å². The number of amides is 1. The summed E-state index contributed by atoms with van der Waals surface area (Å²) in [5, 5.41) is 12.7. The normalized spacial score (nSPS) is 35.1. The molecule has 3 heterocycles. The molecule has 1 spiro atoms. The predicted octanol–water partition coefficient (Wildman–Crippen LogP) is 5.29. The molecule has 0 aromatic heterocycles. The Bertz CT molecular complexity index is 1560. The first-order chi connectivity index (χ1) is 21.9. The Hall–Kier alpha value is -2.89. The maximum atomic E-state index is 13.9. The monoisotopic (exact) mass is 667 g/mol. The van der Waals surface area contributed by atoms with Crippen LogP contribution in [0, 0.1) is 11.8 Å². The lowest BCUT2D eigenvalue weighted by Gasteiger charge is -2.61. The first-order valence-electron chi connectivity index (χ1n) is 17.2. The molecule has 1 aromatic carbocycles. The second kappa shape index (κ2) is 10.6. The average molecular weight is 668 g/mol. The zero-order valence-electron chi connectivity index (χ0n) is 28.9. The summed E-state index contributed by atoms with van der Waals surface area (Å²) in [7, 11) is -2.24. The van der Waals surface area contributed by atoms with Gasteiger partial charge in [0, 0.05) is 26.0 Å². The standard InChI is InChI=1S/C36H49NO9Si/c1-20-13-15-35-28-21-11-12-24(46-47(7,8)33(2,3)4)29(28)43-30(35)25(14-16-36(35,41)22(20)18-21)42-31(39)23-10-9-17-37(23)27(38)19-26-32(40)45-34(5,6)44-26/h11-12,14,20,22-23,26,30,41H,9-10,13,15-19H2,1-8H3/t20?,22-,23-,26-,30-,35-,36+/m0/s1. The number of hydrogen-bond donors (Lipinski definition) is 1. The van der Waals surface area contributed by atoms with Crippen molar-refractivity contribution < 1.29 is 42.9 Å². The molecule has 6 aliphatic rings. The van der Waals surface area contributed by atoms with Crippen LogP contribution >= 0.6 is 0 Å². The molecular formula is C36H49NO9Si. The molecule has 10 nitrogen and oxygen atoms in total. The van der Waals surface area contributed by atoms with Gasteiger partial charge in [0.15, 0.2) is 18.0 Å². The van der Waals surface area contributed by atoms with Crippen molar-refractivity contribution in [1.82, 2.24) is 4.90 Å². The minimum Gasteiger partial charge on any atom is -0.541 e. The van der Waals surface area contributed by atoms with E-state index in [0.29, 0.717) is 55.4 Å². The molecule has 7 atom stereocenters. The van der Waals surface area contributed by atoms with Crippen molar-refractivity contribution in [2.45, 2.75) is 140 Å². The highest BCUT2D eigenvalue weighted by atomic mass is 28.4. The lowest BCUT2D eigenvalue weighted by Crippen LogP contribution is -2.69. The zero-order chi connectivity index (χ0) is 33.9. The first kappa shape index (κ1) is 32.6. The SMILES string of the molecule is CC1CC[C@]23c4c5ccc(O[Si](C)(C)C(C)(C)C)c4O[C@H]2C(OC(=O)[C@@H]2CCCN2C(=O)C[C@@H]2OC(C)(C)OC2=O)=CC[C@@]3(O)[C@H]1C5. The Balaban J connectivity index is 1.19. The van der Waals surface area contributed by atoms with E-state index in [4.69, 9.17) is 23.4 Å². The smallest absolute Gasteiger partial charge is 0.338 e. The maximum absolute atomic E-state index is 13.9. The number of likely N-dealkylation sites (tertiary alicyclic amines) is 1. The second-order valence-electron chi connectivity index (χ2n) is 16.6. The van der Waals surface area contributed by atoms with Crippen LogP contribution < -0.4 is 9.16 Å². The summed E-state index contributed by atoms with van der Waals surface area (Å²) in [5.74, 6) is -0.455. The van der Waals surface area contributed by atoms with Gasteiger partial charge in [-0.25, -0.2) is 9.59 Å². The summed E-state index contributed by atoms with van der Waals surface area (Å²) >= 11 is 0. The molecular weight excluding hydrogens is 618 g/mol. The van der Waals surface area contributed by atoms with E-state index >= 15 is 0 Å². The van der Waals surface area contributed by atoms with Crippen molar-refractivity contribution >= 4 is 26.2 Å². The number of esters is 2. The summed E-state index contributed by atoms with van der Waals surface area (Å²) in [6.45, 7) is 16.9. The van der Waals surface area contributed by atoms with Crippen LogP contribution in [-0.4, -0.2) is 72.4 Å². The Kier molecular flexibility index (Phi) is 7.33. The maximum Gasteiger partial charge on any atom is 0.338 e. The molecule has 1 N–H and O–H groups in total. The van der Waals surface area contributed by atoms with Crippen LogP contribution in [0.4, 0.5) is 0 Å². The highest BCUT2D eigenvalue weighted by Gasteiger charge is 2.72. The van der Waals surface area contributed by atoms with Gasteiger partial charge in [-0.05, 0) is 86.2 Å². The highest BCUT2D eigenvalue weighted by molar-refractivity contribution is 6.74. The summed E-state index contributed by atoms with van der Waals surface area (Å²) in [6, 6.07) is 3.38. The number of aliphatic hydroxyl groups is 1. The summed E-state index contributed by atoms with van der Waals surface area (Å²) in [6.07, 6.45) is 3.74. The Morgan fingerprint density at radius 1 is 1.17 bits per heavy atom. The fraction of sp³-hybridized carbons (Fsp3) is 0.694. The Morgan fingerprint density at radius 2 is 1.91 bits per heavy atom. The molecule has 2 bridgehead atoms. The minimum atomic E-state index is -2.24. The van der Waals surface area contributed by atoms with Crippen LogP contribution in [0.3, 0.4) is 0 Å². The average Bonchev–Trinajstić information content (AvgIpc) is 3.66. The Morgan fingerprint density at radius 3 is 2.60 bits per heavy atom. The Labute approximate surface area is 278 Å². The number of hydrogen-bond acceptors (Lipinski definition) is 9. The lowest BCUT2D eigenvalue weighted by molar-refractivity contribution is -0.172. The fourth-order valence-corrected chi connectivity index (χ4v) is 9.95. The zero-order valence-corrected chi connectivity index (χ0v) is 29.9. The molecule has 11 heteroatoms. The van der Waals surface area contributed by atoms with Gasteiger partial charge >= 0.3 is 11.9 Å². The number of benzene rings is 1. The van der Waals surface area contributed by atoms with E-state index in [1.807, 2.05) is 12.1 Å². The van der Waals surface area contributed by atoms with Gasteiger partial charge in [0.05, 0.1) is 17.4 Å². The number of carbonyl (C=O) groups is 3. The van der Waals surface area contributed by atoms with Crippen molar-refractivity contribution in [1.29, 1.82) is 0 Å². The number of nitrogens with zero attached hydrogens (tertiary/aromatic N) is 1. The summed E-state index contributed by atoms with van der Waals surface area (Å²) in [4.78, 5) is 41.1. The van der Waals surface area contributed by atoms with Crippen molar-refractivity contribution in [3.63, 3.8) is 0 Å². The van der Waals surface area contributed by atoms with Gasteiger partial charge in [-0.2, -0.15) is 0 Å². The van der Waals surface area contributed by atoms with Gasteiger partial charge in [0.1, 0.15) is 17.6 Å². The minimum absolute atomic E-state index is 0.0308. The third-order valence-electron chi connectivity index (χ3n) is 12.3. The fourth-order valence-electron chi connectivity index (χ4n) is 8.93. The van der Waals surface area contributed by atoms with E-state index in [9.17, 15) is 19.5 Å². The molecule has 1 aromatic rings. The van der Waals surface area contributed by atoms with Crippen molar-refractivity contribution in [2.24, 2.45) is 11.8 Å². The summed E-state index contributed by atoms with van der Waals surface area (Å²) in [5.41, 5.74) is 0.345. The quantitative estimate of drug-likeness (QED) is 0.319. The molecule has 47 heavy (non-hydrogen) atoms. The van der Waals surface area contributed by atoms with Crippen molar-refractivity contribution in [2.75, 3.05) is 6.54 Å². The van der Waals surface area contributed by atoms with E-state index in [1.54, 1.807) is 13.8 Å². The number of carbonyl (C=O) groups excluding carboxylic acids is 3. The number of ether oxygens (including phenoxy) is 4. The van der Waals surface area contributed by atoms with Gasteiger partial charge in [0.25, 0.3) is 8.32 Å². The van der Waals surface area contributed by atoms with E-state index in [2.05, 4.69) is 46.9 Å². The largest absolute Gasteiger partial charge is 0.541 e. The number of cyclic esters (lactones) is 1. The first-order valence-corrected chi connectivity index (χ1v) is 20.2. The molecule has 1 saturated carbocycles. The molecule has 1 unspecified atom stereocenters. The molecule has 2 saturated heterocycles. The molecule has 3 aliphatic carbocycles. The van der Waals surface area contributed by atoms with E-state index in [-0.39, 0.29) is 23.3 Å². The molecule has 0 radical (unpaired) electrons. The van der Waals surface area contributed by atoms with Crippen LogP contribution in [0.15, 0.2) is 24.0 Å². The van der Waals surface area contributed by atoms with Crippen LogP contribution in [-0.2, 0) is 40.4 Å². The van der Waals surface area contributed by atoms with Gasteiger partial charge in [-0.1, -0.05) is 33.8 Å². The highest BCUT2D eigenvalue weighted by Crippen LogP contribution is 2.68. The van der Waals surface area contributed by atoms with Crippen LogP contribution in [0.5, 0.6) is 11.5 Å². The third-order valence-corrected chi connectivity index (χ3v) is 16.7. The summed E-state index contributed by atoms with van der Waals surface area (Å²) < 4.78 is 30.8. The van der Waals surface area contributed by atoms with Crippen LogP contribution in [0.2, 0.25) is 18.1 Å². The van der Waals surface area contributed by atoms with Gasteiger partial charge in [-0.15, -0.1) is 0 Å². The van der Waals surface area contributed by atoms with Gasteiger partial charge in [0.2, 0.25) is 11.7 Å². The molecule has 7 rings (SSSR count). The van der Waals surface area contributed by atoms with Crippen molar-refractivity contribution in [3.05, 3.63) is 35.1 Å². The van der Waals surface area contributed by atoms with E-state index < -0.39 is 55.3 Å². The molecule has 1 amide bonds. The molecule has 3 fully saturated rings. The number of rotatable bonds is 6. The van der Waals surface area contributed by atoms with E-state index in [1.165, 1.54) is 10.5 Å². The topological polar surface area (TPSA) is 121 Å². The molecule has 256 valence electrons. The van der Waals surface area contributed by atoms with Gasteiger partial charge in [-0.3, -0.25) is 4.79 Å². The molecule has 3 aliphatic heterocycles. The van der Waals surface area contributed by atoms with E-state index in [0.717, 1.165) is 18.4 Å². The lowest BCUT2D eigenvalue weighted by atomic mass is 9.45. The van der Waals surface area contributed by atoms with Gasteiger partial charge < -0.3 is 33.4 Å². The second-order valence-corrected chi connectivity index (χ2v) is 21.3. The predicted molar refractivity (Wildman–Crippen MR) is 174 cm³/mol. The van der Waals surface area contributed by atoms with Crippen LogP contribution in [0.25, 0.3) is 0 Å². The third kappa shape index (κ3) is 4.81. The van der Waals surface area contributed by atoms with Crippen molar-refractivity contribution in [3.8, 4) is 11.5 Å².